The van der Waals surface area contributed by atoms with Crippen LogP contribution in [0.4, 0.5) is 0 Å². The summed E-state index contributed by atoms with van der Waals surface area (Å²) < 4.78 is 0. The first-order chi connectivity index (χ1) is 5.75. The van der Waals surface area contributed by atoms with Gasteiger partial charge >= 0.3 is 0 Å². The molecule has 64 valence electrons. The van der Waals surface area contributed by atoms with Gasteiger partial charge < -0.3 is 5.32 Å². The van der Waals surface area contributed by atoms with Gasteiger partial charge in [0.25, 0.3) is 0 Å². The van der Waals surface area contributed by atoms with Crippen LogP contribution in [0.2, 0.25) is 0 Å². The molecule has 4 nitrogen and oxygen atoms in total. The standard InChI is InChI=1S/C8H11N3O/c1-5-2-7(11-10-5)6-3-8(12)9-4-6/h2,6H,3-4H2,1H3,(H,9,12)(H,10,11). The Hall–Kier alpha value is -1.32. The fourth-order valence-electron chi connectivity index (χ4n) is 1.46. The molecule has 12 heavy (non-hydrogen) atoms. The summed E-state index contributed by atoms with van der Waals surface area (Å²) in [6, 6.07) is 1.99. The van der Waals surface area contributed by atoms with Crippen molar-refractivity contribution >= 4 is 5.91 Å². The van der Waals surface area contributed by atoms with Gasteiger partial charge in [0, 0.05) is 24.6 Å². The average molecular weight is 165 g/mol. The number of amides is 1. The van der Waals surface area contributed by atoms with Crippen molar-refractivity contribution in [2.24, 2.45) is 0 Å². The summed E-state index contributed by atoms with van der Waals surface area (Å²) in [5, 5.41) is 9.77. The molecular weight excluding hydrogens is 154 g/mol. The summed E-state index contributed by atoms with van der Waals surface area (Å²) >= 11 is 0. The highest BCUT2D eigenvalue weighted by Crippen LogP contribution is 2.20. The Kier molecular flexibility index (Phi) is 1.60. The number of aromatic nitrogens is 2. The fourth-order valence-corrected chi connectivity index (χ4v) is 1.46. The lowest BCUT2D eigenvalue weighted by molar-refractivity contribution is -0.119. The topological polar surface area (TPSA) is 57.8 Å². The first kappa shape index (κ1) is 7.34. The summed E-state index contributed by atoms with van der Waals surface area (Å²) in [7, 11) is 0. The number of carbonyl (C=O) groups is 1. The third kappa shape index (κ3) is 1.20. The Bertz CT molecular complexity index is 305. The van der Waals surface area contributed by atoms with Crippen molar-refractivity contribution in [2.75, 3.05) is 6.54 Å². The second-order valence-electron chi connectivity index (χ2n) is 3.18. The lowest BCUT2D eigenvalue weighted by Crippen LogP contribution is -2.13. The molecule has 1 amide bonds. The number of H-pyrrole nitrogens is 1. The smallest absolute Gasteiger partial charge is 0.220 e. The van der Waals surface area contributed by atoms with E-state index in [-0.39, 0.29) is 11.8 Å². The number of aromatic amines is 1. The highest BCUT2D eigenvalue weighted by molar-refractivity contribution is 5.79. The Morgan fingerprint density at radius 2 is 2.50 bits per heavy atom. The second kappa shape index (κ2) is 2.62. The zero-order chi connectivity index (χ0) is 8.55. The Morgan fingerprint density at radius 1 is 1.67 bits per heavy atom. The summed E-state index contributed by atoms with van der Waals surface area (Å²) in [6.45, 7) is 2.68. The van der Waals surface area contributed by atoms with Gasteiger partial charge in [0.05, 0.1) is 5.69 Å². The number of nitrogens with one attached hydrogen (secondary N) is 2. The van der Waals surface area contributed by atoms with Crippen molar-refractivity contribution in [2.45, 2.75) is 19.3 Å². The maximum atomic E-state index is 10.9. The molecule has 1 fully saturated rings. The molecule has 0 aliphatic carbocycles. The molecule has 1 aromatic rings. The number of carbonyl (C=O) groups excluding carboxylic acids is 1. The molecule has 0 aromatic carbocycles. The molecule has 2 heterocycles. The first-order valence-corrected chi connectivity index (χ1v) is 4.04. The molecule has 1 aromatic heterocycles. The molecule has 0 saturated carbocycles. The Balaban J connectivity index is 2.15. The minimum atomic E-state index is 0.126. The molecule has 2 rings (SSSR count). The normalized spacial score (nSPS) is 22.8. The van der Waals surface area contributed by atoms with E-state index < -0.39 is 0 Å². The minimum absolute atomic E-state index is 0.126. The number of aryl methyl sites for hydroxylation is 1. The molecule has 1 aliphatic rings. The average Bonchev–Trinajstić information content (AvgIpc) is 2.58. The monoisotopic (exact) mass is 165 g/mol. The highest BCUT2D eigenvalue weighted by atomic mass is 16.1. The van der Waals surface area contributed by atoms with Gasteiger partial charge in [-0.05, 0) is 13.0 Å². The Labute approximate surface area is 70.4 Å². The van der Waals surface area contributed by atoms with Gasteiger partial charge in [0.15, 0.2) is 0 Å². The predicted octanol–water partition coefficient (Wildman–Crippen LogP) is 0.322. The van der Waals surface area contributed by atoms with E-state index in [1.807, 2.05) is 13.0 Å². The molecule has 0 spiro atoms. The van der Waals surface area contributed by atoms with Gasteiger partial charge in [-0.3, -0.25) is 9.89 Å². The van der Waals surface area contributed by atoms with Crippen molar-refractivity contribution in [3.8, 4) is 0 Å². The van der Waals surface area contributed by atoms with E-state index in [1.54, 1.807) is 0 Å². The molecule has 0 radical (unpaired) electrons. The van der Waals surface area contributed by atoms with Crippen molar-refractivity contribution in [3.05, 3.63) is 17.5 Å². The number of nitrogens with zero attached hydrogens (tertiary/aromatic N) is 1. The molecule has 2 N–H and O–H groups in total. The van der Waals surface area contributed by atoms with Gasteiger partial charge in [0.2, 0.25) is 5.91 Å². The maximum absolute atomic E-state index is 10.9. The molecule has 1 saturated heterocycles. The van der Waals surface area contributed by atoms with E-state index in [2.05, 4.69) is 15.5 Å². The third-order valence-electron chi connectivity index (χ3n) is 2.12. The number of hydrogen-bond acceptors (Lipinski definition) is 2. The maximum Gasteiger partial charge on any atom is 0.220 e. The quantitative estimate of drug-likeness (QED) is 0.629. The van der Waals surface area contributed by atoms with Crippen LogP contribution in [0.15, 0.2) is 6.07 Å². The molecule has 1 aliphatic heterocycles. The lowest BCUT2D eigenvalue weighted by Gasteiger charge is -1.99. The lowest BCUT2D eigenvalue weighted by atomic mass is 10.1. The summed E-state index contributed by atoms with van der Waals surface area (Å²) in [5.41, 5.74) is 2.04. The molecular formula is C8H11N3O. The van der Waals surface area contributed by atoms with Crippen LogP contribution < -0.4 is 5.32 Å². The van der Waals surface area contributed by atoms with E-state index in [0.717, 1.165) is 17.9 Å². The third-order valence-corrected chi connectivity index (χ3v) is 2.12. The van der Waals surface area contributed by atoms with Crippen LogP contribution >= 0.6 is 0 Å². The van der Waals surface area contributed by atoms with Crippen LogP contribution in [-0.2, 0) is 4.79 Å². The predicted molar refractivity (Wildman–Crippen MR) is 43.7 cm³/mol. The molecule has 1 unspecified atom stereocenters. The van der Waals surface area contributed by atoms with Crippen molar-refractivity contribution < 1.29 is 4.79 Å². The van der Waals surface area contributed by atoms with Gasteiger partial charge in [0.1, 0.15) is 0 Å². The van der Waals surface area contributed by atoms with Crippen LogP contribution in [0.25, 0.3) is 0 Å². The van der Waals surface area contributed by atoms with E-state index in [0.29, 0.717) is 6.42 Å². The Morgan fingerprint density at radius 3 is 3.00 bits per heavy atom. The number of hydrogen-bond donors (Lipinski definition) is 2. The highest BCUT2D eigenvalue weighted by Gasteiger charge is 2.24. The van der Waals surface area contributed by atoms with Gasteiger partial charge in [-0.25, -0.2) is 0 Å². The van der Waals surface area contributed by atoms with E-state index >= 15 is 0 Å². The minimum Gasteiger partial charge on any atom is -0.355 e. The van der Waals surface area contributed by atoms with Gasteiger partial charge in [-0.2, -0.15) is 5.10 Å². The summed E-state index contributed by atoms with van der Waals surface area (Å²) in [4.78, 5) is 10.9. The van der Waals surface area contributed by atoms with Crippen molar-refractivity contribution in [3.63, 3.8) is 0 Å². The largest absolute Gasteiger partial charge is 0.355 e. The van der Waals surface area contributed by atoms with E-state index in [9.17, 15) is 4.79 Å². The van der Waals surface area contributed by atoms with Crippen LogP contribution in [0, 0.1) is 6.92 Å². The second-order valence-corrected chi connectivity index (χ2v) is 3.18. The van der Waals surface area contributed by atoms with Crippen LogP contribution in [0.3, 0.4) is 0 Å². The van der Waals surface area contributed by atoms with Crippen molar-refractivity contribution in [1.82, 2.24) is 15.5 Å². The molecule has 1 atom stereocenters. The zero-order valence-electron chi connectivity index (χ0n) is 6.92. The molecule has 4 heteroatoms. The van der Waals surface area contributed by atoms with E-state index in [4.69, 9.17) is 0 Å². The number of rotatable bonds is 1. The molecule has 0 bridgehead atoms. The first-order valence-electron chi connectivity index (χ1n) is 4.04. The van der Waals surface area contributed by atoms with Crippen molar-refractivity contribution in [1.29, 1.82) is 0 Å². The SMILES string of the molecule is Cc1cc(C2CNC(=O)C2)n[nH]1. The van der Waals surface area contributed by atoms with Gasteiger partial charge in [-0.15, -0.1) is 0 Å². The summed E-state index contributed by atoms with van der Waals surface area (Å²) in [6.07, 6.45) is 0.574. The fraction of sp³-hybridized carbons (Fsp3) is 0.500. The van der Waals surface area contributed by atoms with Crippen LogP contribution in [0.1, 0.15) is 23.7 Å². The van der Waals surface area contributed by atoms with Crippen LogP contribution in [0.5, 0.6) is 0 Å². The van der Waals surface area contributed by atoms with E-state index in [1.165, 1.54) is 0 Å². The zero-order valence-corrected chi connectivity index (χ0v) is 6.92. The van der Waals surface area contributed by atoms with Gasteiger partial charge in [-0.1, -0.05) is 0 Å². The summed E-state index contributed by atoms with van der Waals surface area (Å²) in [5.74, 6) is 0.392. The van der Waals surface area contributed by atoms with Crippen LogP contribution in [-0.4, -0.2) is 22.6 Å².